The van der Waals surface area contributed by atoms with Gasteiger partial charge < -0.3 is 16.0 Å². The van der Waals surface area contributed by atoms with Gasteiger partial charge in [-0.15, -0.1) is 0 Å². The van der Waals surface area contributed by atoms with Gasteiger partial charge in [0.1, 0.15) is 5.82 Å². The molecule has 0 saturated carbocycles. The van der Waals surface area contributed by atoms with Gasteiger partial charge in [-0.2, -0.15) is 4.98 Å². The van der Waals surface area contributed by atoms with Gasteiger partial charge in [0, 0.05) is 18.8 Å². The largest absolute Gasteiger partial charge is 0.370 e. The summed E-state index contributed by atoms with van der Waals surface area (Å²) >= 11 is 0. The summed E-state index contributed by atoms with van der Waals surface area (Å²) in [5.74, 6) is 2.36. The zero-order valence-electron chi connectivity index (χ0n) is 11.2. The lowest BCUT2D eigenvalue weighted by Gasteiger charge is -2.23. The van der Waals surface area contributed by atoms with E-state index in [4.69, 9.17) is 0 Å². The summed E-state index contributed by atoms with van der Waals surface area (Å²) in [5, 5.41) is 10.0. The van der Waals surface area contributed by atoms with Crippen molar-refractivity contribution in [3.05, 3.63) is 12.3 Å². The third kappa shape index (κ3) is 4.14. The molecule has 3 N–H and O–H groups in total. The monoisotopic (exact) mass is 249 g/mol. The van der Waals surface area contributed by atoms with Crippen LogP contribution in [0.15, 0.2) is 12.3 Å². The van der Waals surface area contributed by atoms with Crippen molar-refractivity contribution >= 4 is 11.8 Å². The predicted octanol–water partition coefficient (Wildman–Crippen LogP) is 1.71. The number of hydrogen-bond acceptors (Lipinski definition) is 5. The Hall–Kier alpha value is -1.36. The molecule has 0 aliphatic carbocycles. The van der Waals surface area contributed by atoms with Crippen LogP contribution < -0.4 is 16.0 Å². The topological polar surface area (TPSA) is 61.9 Å². The van der Waals surface area contributed by atoms with Gasteiger partial charge in [0.15, 0.2) is 0 Å². The van der Waals surface area contributed by atoms with E-state index in [0.717, 1.165) is 31.4 Å². The summed E-state index contributed by atoms with van der Waals surface area (Å²) in [4.78, 5) is 8.65. The fourth-order valence-electron chi connectivity index (χ4n) is 2.12. The average Bonchev–Trinajstić information content (AvgIpc) is 2.37. The molecule has 0 unspecified atom stereocenters. The number of rotatable bonds is 5. The van der Waals surface area contributed by atoms with Crippen molar-refractivity contribution in [2.45, 2.75) is 32.7 Å². The molecule has 0 bridgehead atoms. The predicted molar refractivity (Wildman–Crippen MR) is 74.9 cm³/mol. The lowest BCUT2D eigenvalue weighted by Crippen LogP contribution is -2.31. The highest BCUT2D eigenvalue weighted by molar-refractivity contribution is 5.39. The first-order chi connectivity index (χ1) is 8.74. The Labute approximate surface area is 109 Å². The van der Waals surface area contributed by atoms with Crippen LogP contribution in [0.3, 0.4) is 0 Å². The highest BCUT2D eigenvalue weighted by atomic mass is 15.1. The van der Waals surface area contributed by atoms with E-state index < -0.39 is 0 Å². The van der Waals surface area contributed by atoms with Gasteiger partial charge in [0.25, 0.3) is 0 Å². The van der Waals surface area contributed by atoms with Crippen LogP contribution in [0, 0.1) is 5.92 Å². The minimum Gasteiger partial charge on any atom is -0.370 e. The number of aromatic nitrogens is 2. The first-order valence-electron chi connectivity index (χ1n) is 6.78. The van der Waals surface area contributed by atoms with Gasteiger partial charge >= 0.3 is 0 Å². The molecule has 1 fully saturated rings. The Balaban J connectivity index is 1.84. The maximum atomic E-state index is 4.45. The zero-order chi connectivity index (χ0) is 12.8. The molecule has 1 saturated heterocycles. The number of nitrogens with one attached hydrogen (secondary N) is 3. The summed E-state index contributed by atoms with van der Waals surface area (Å²) in [6, 6.07) is 2.27. The Kier molecular flexibility index (Phi) is 4.75. The molecule has 5 nitrogen and oxygen atoms in total. The molecular formula is C13H23N5. The van der Waals surface area contributed by atoms with E-state index in [0.29, 0.717) is 12.0 Å². The summed E-state index contributed by atoms with van der Waals surface area (Å²) in [7, 11) is 0. The lowest BCUT2D eigenvalue weighted by atomic mass is 9.98. The molecule has 18 heavy (non-hydrogen) atoms. The minimum atomic E-state index is 0.352. The molecule has 0 radical (unpaired) electrons. The highest BCUT2D eigenvalue weighted by Crippen LogP contribution is 2.13. The van der Waals surface area contributed by atoms with E-state index in [1.807, 2.05) is 6.07 Å². The van der Waals surface area contributed by atoms with Gasteiger partial charge in [-0.3, -0.25) is 0 Å². The molecule has 0 amide bonds. The zero-order valence-corrected chi connectivity index (χ0v) is 11.2. The normalized spacial score (nSPS) is 16.8. The van der Waals surface area contributed by atoms with Crippen LogP contribution in [0.5, 0.6) is 0 Å². The van der Waals surface area contributed by atoms with Gasteiger partial charge in [-0.1, -0.05) is 0 Å². The molecule has 1 aromatic rings. The van der Waals surface area contributed by atoms with Crippen molar-refractivity contribution in [2.24, 2.45) is 5.92 Å². The molecule has 1 aliphatic heterocycles. The van der Waals surface area contributed by atoms with Gasteiger partial charge in [-0.05, 0) is 51.8 Å². The smallest absolute Gasteiger partial charge is 0.224 e. The maximum absolute atomic E-state index is 4.45. The number of nitrogens with zero attached hydrogens (tertiary/aromatic N) is 2. The fraction of sp³-hybridized carbons (Fsp3) is 0.692. The van der Waals surface area contributed by atoms with Gasteiger partial charge in [-0.25, -0.2) is 4.98 Å². The quantitative estimate of drug-likeness (QED) is 0.741. The van der Waals surface area contributed by atoms with E-state index in [1.165, 1.54) is 12.8 Å². The van der Waals surface area contributed by atoms with Crippen LogP contribution in [0.25, 0.3) is 0 Å². The SMILES string of the molecule is CC(C)Nc1nccc(NCC2CCNCC2)n1. The van der Waals surface area contributed by atoms with Gasteiger partial charge in [0.2, 0.25) is 5.95 Å². The summed E-state index contributed by atoms with van der Waals surface area (Å²) in [6.07, 6.45) is 4.28. The van der Waals surface area contributed by atoms with Crippen molar-refractivity contribution in [1.82, 2.24) is 15.3 Å². The maximum Gasteiger partial charge on any atom is 0.224 e. The molecule has 1 aromatic heterocycles. The number of piperidine rings is 1. The average molecular weight is 249 g/mol. The van der Waals surface area contributed by atoms with Crippen LogP contribution in [-0.4, -0.2) is 35.6 Å². The van der Waals surface area contributed by atoms with Crippen molar-refractivity contribution < 1.29 is 0 Å². The summed E-state index contributed by atoms with van der Waals surface area (Å²) < 4.78 is 0. The molecule has 2 rings (SSSR count). The lowest BCUT2D eigenvalue weighted by molar-refractivity contribution is 0.389. The standard InChI is InChI=1S/C13H23N5/c1-10(2)17-13-15-8-5-12(18-13)16-9-11-3-6-14-7-4-11/h5,8,10-11,14H,3-4,6-7,9H2,1-2H3,(H2,15,16,17,18). The van der Waals surface area contributed by atoms with E-state index in [-0.39, 0.29) is 0 Å². The minimum absolute atomic E-state index is 0.352. The van der Waals surface area contributed by atoms with Crippen molar-refractivity contribution in [1.29, 1.82) is 0 Å². The first kappa shape index (κ1) is 13.1. The van der Waals surface area contributed by atoms with E-state index >= 15 is 0 Å². The number of hydrogen-bond donors (Lipinski definition) is 3. The Morgan fingerprint density at radius 3 is 2.89 bits per heavy atom. The molecule has 0 spiro atoms. The van der Waals surface area contributed by atoms with Crippen molar-refractivity contribution in [3.8, 4) is 0 Å². The third-order valence-corrected chi connectivity index (χ3v) is 3.10. The van der Waals surface area contributed by atoms with Crippen molar-refractivity contribution in [3.63, 3.8) is 0 Å². The van der Waals surface area contributed by atoms with Crippen LogP contribution in [0.4, 0.5) is 11.8 Å². The molecule has 5 heteroatoms. The van der Waals surface area contributed by atoms with E-state index in [1.54, 1.807) is 6.20 Å². The molecular weight excluding hydrogens is 226 g/mol. The van der Waals surface area contributed by atoms with E-state index in [2.05, 4.69) is 39.8 Å². The molecule has 1 aliphatic rings. The summed E-state index contributed by atoms with van der Waals surface area (Å²) in [6.45, 7) is 7.43. The second kappa shape index (κ2) is 6.54. The first-order valence-corrected chi connectivity index (χ1v) is 6.78. The van der Waals surface area contributed by atoms with Crippen LogP contribution >= 0.6 is 0 Å². The molecule has 0 aromatic carbocycles. The molecule has 0 atom stereocenters. The summed E-state index contributed by atoms with van der Waals surface area (Å²) in [5.41, 5.74) is 0. The fourth-order valence-corrected chi connectivity index (χ4v) is 2.12. The van der Waals surface area contributed by atoms with Crippen LogP contribution in [-0.2, 0) is 0 Å². The van der Waals surface area contributed by atoms with Crippen molar-refractivity contribution in [2.75, 3.05) is 30.3 Å². The Bertz CT molecular complexity index is 360. The van der Waals surface area contributed by atoms with Gasteiger partial charge in [0.05, 0.1) is 0 Å². The van der Waals surface area contributed by atoms with E-state index in [9.17, 15) is 0 Å². The third-order valence-electron chi connectivity index (χ3n) is 3.10. The molecule has 100 valence electrons. The van der Waals surface area contributed by atoms with Crippen LogP contribution in [0.1, 0.15) is 26.7 Å². The number of anilines is 2. The Morgan fingerprint density at radius 2 is 2.17 bits per heavy atom. The second-order valence-corrected chi connectivity index (χ2v) is 5.14. The van der Waals surface area contributed by atoms with Crippen LogP contribution in [0.2, 0.25) is 0 Å². The Morgan fingerprint density at radius 1 is 1.39 bits per heavy atom. The molecule has 2 heterocycles. The highest BCUT2D eigenvalue weighted by Gasteiger charge is 2.12. The second-order valence-electron chi connectivity index (χ2n) is 5.14.